The smallest absolute Gasteiger partial charge is 0.122 e. The molecule has 3 heterocycles. The first-order valence-electron chi connectivity index (χ1n) is 6.19. The van der Waals surface area contributed by atoms with E-state index in [0.717, 1.165) is 37.6 Å². The fourth-order valence-electron chi connectivity index (χ4n) is 2.39. The van der Waals surface area contributed by atoms with Crippen LogP contribution in [0, 0.1) is 0 Å². The molecule has 0 aromatic carbocycles. The van der Waals surface area contributed by atoms with Crippen LogP contribution in [-0.4, -0.2) is 37.3 Å². The maximum absolute atomic E-state index is 6.21. The molecule has 2 aromatic heterocycles. The van der Waals surface area contributed by atoms with Gasteiger partial charge in [0.15, 0.2) is 0 Å². The number of nitrogens with zero attached hydrogens (tertiary/aromatic N) is 5. The first kappa shape index (κ1) is 11.4. The second-order valence-electron chi connectivity index (χ2n) is 4.83. The maximum atomic E-state index is 6.21. The Balaban J connectivity index is 1.64. The fourth-order valence-corrected chi connectivity index (χ4v) is 2.39. The van der Waals surface area contributed by atoms with E-state index in [4.69, 9.17) is 5.73 Å². The van der Waals surface area contributed by atoms with Crippen LogP contribution in [0.25, 0.3) is 0 Å². The van der Waals surface area contributed by atoms with Crippen LogP contribution < -0.4 is 5.73 Å². The van der Waals surface area contributed by atoms with Crippen LogP contribution in [-0.2, 0) is 20.1 Å². The first-order chi connectivity index (χ1) is 8.72. The Morgan fingerprint density at radius 2 is 2.33 bits per heavy atom. The number of hydrogen-bond donors (Lipinski definition) is 1. The highest BCUT2D eigenvalue weighted by Gasteiger charge is 2.19. The van der Waals surface area contributed by atoms with Crippen LogP contribution in [0.1, 0.15) is 17.4 Å². The molecule has 1 aliphatic rings. The molecule has 0 spiro atoms. The van der Waals surface area contributed by atoms with Gasteiger partial charge >= 0.3 is 0 Å². The van der Waals surface area contributed by atoms with Crippen LogP contribution in [0.15, 0.2) is 24.8 Å². The van der Waals surface area contributed by atoms with Crippen LogP contribution in [0.2, 0.25) is 0 Å². The minimum atomic E-state index is 0.0141. The summed E-state index contributed by atoms with van der Waals surface area (Å²) < 4.78 is 3.99. The summed E-state index contributed by atoms with van der Waals surface area (Å²) in [7, 11) is 1.91. The molecule has 0 radical (unpaired) electrons. The number of aryl methyl sites for hydroxylation is 1. The van der Waals surface area contributed by atoms with Crippen molar-refractivity contribution in [2.24, 2.45) is 12.8 Å². The Morgan fingerprint density at radius 1 is 1.44 bits per heavy atom. The summed E-state index contributed by atoms with van der Waals surface area (Å²) in [5, 5.41) is 4.16. The minimum absolute atomic E-state index is 0.0141. The predicted molar refractivity (Wildman–Crippen MR) is 67.6 cm³/mol. The van der Waals surface area contributed by atoms with Crippen molar-refractivity contribution in [3.63, 3.8) is 0 Å². The second kappa shape index (κ2) is 4.55. The predicted octanol–water partition coefficient (Wildman–Crippen LogP) is 0.132. The minimum Gasteiger partial charge on any atom is -0.333 e. The summed E-state index contributed by atoms with van der Waals surface area (Å²) in [5.41, 5.74) is 7.30. The average Bonchev–Trinajstić information content (AvgIpc) is 2.96. The van der Waals surface area contributed by atoms with Crippen molar-refractivity contribution in [1.29, 1.82) is 0 Å². The van der Waals surface area contributed by atoms with Gasteiger partial charge in [-0.1, -0.05) is 0 Å². The third-order valence-corrected chi connectivity index (χ3v) is 3.43. The molecule has 0 saturated heterocycles. The van der Waals surface area contributed by atoms with Crippen LogP contribution in [0.4, 0.5) is 0 Å². The van der Waals surface area contributed by atoms with E-state index < -0.39 is 0 Å². The Bertz CT molecular complexity index is 528. The van der Waals surface area contributed by atoms with Crippen molar-refractivity contribution in [3.8, 4) is 0 Å². The molecule has 0 aliphatic carbocycles. The van der Waals surface area contributed by atoms with Crippen LogP contribution in [0.5, 0.6) is 0 Å². The van der Waals surface area contributed by atoms with Gasteiger partial charge in [-0.15, -0.1) is 0 Å². The van der Waals surface area contributed by atoms with E-state index in [0.29, 0.717) is 0 Å². The number of fused-ring (bicyclic) bond motifs is 1. The zero-order valence-electron chi connectivity index (χ0n) is 10.5. The summed E-state index contributed by atoms with van der Waals surface area (Å²) in [6, 6.07) is 0.0141. The Morgan fingerprint density at radius 3 is 3.11 bits per heavy atom. The van der Waals surface area contributed by atoms with Crippen LogP contribution in [0.3, 0.4) is 0 Å². The van der Waals surface area contributed by atoms with E-state index in [1.807, 2.05) is 31.8 Å². The Kier molecular flexibility index (Phi) is 2.89. The van der Waals surface area contributed by atoms with E-state index in [1.54, 1.807) is 4.68 Å². The molecule has 0 saturated carbocycles. The SMILES string of the molecule is Cn1cc(C(N)CN2CCn3ccnc3C2)cn1. The molecular formula is C12H18N6. The van der Waals surface area contributed by atoms with E-state index in [2.05, 4.69) is 19.5 Å². The summed E-state index contributed by atoms with van der Waals surface area (Å²) in [6.45, 7) is 3.74. The van der Waals surface area contributed by atoms with Gasteiger partial charge in [0.2, 0.25) is 0 Å². The number of nitrogens with two attached hydrogens (primary N) is 1. The zero-order chi connectivity index (χ0) is 12.5. The molecule has 6 nitrogen and oxygen atoms in total. The third kappa shape index (κ3) is 2.16. The highest BCUT2D eigenvalue weighted by atomic mass is 15.3. The topological polar surface area (TPSA) is 64.9 Å². The summed E-state index contributed by atoms with van der Waals surface area (Å²) >= 11 is 0. The molecule has 2 N–H and O–H groups in total. The van der Waals surface area contributed by atoms with Gasteiger partial charge in [0.05, 0.1) is 12.7 Å². The van der Waals surface area contributed by atoms with Gasteiger partial charge < -0.3 is 10.3 Å². The highest BCUT2D eigenvalue weighted by Crippen LogP contribution is 2.15. The van der Waals surface area contributed by atoms with Gasteiger partial charge in [0, 0.05) is 56.9 Å². The van der Waals surface area contributed by atoms with E-state index in [-0.39, 0.29) is 6.04 Å². The molecule has 1 atom stereocenters. The number of hydrogen-bond acceptors (Lipinski definition) is 4. The van der Waals surface area contributed by atoms with Crippen molar-refractivity contribution in [2.75, 3.05) is 13.1 Å². The lowest BCUT2D eigenvalue weighted by molar-refractivity contribution is 0.205. The molecule has 0 amide bonds. The van der Waals surface area contributed by atoms with Crippen molar-refractivity contribution < 1.29 is 0 Å². The zero-order valence-corrected chi connectivity index (χ0v) is 10.5. The summed E-state index contributed by atoms with van der Waals surface area (Å²) in [5.74, 6) is 1.12. The average molecular weight is 246 g/mol. The number of aromatic nitrogens is 4. The van der Waals surface area contributed by atoms with Crippen molar-refractivity contribution in [2.45, 2.75) is 19.1 Å². The molecule has 96 valence electrons. The molecule has 0 bridgehead atoms. The lowest BCUT2D eigenvalue weighted by Crippen LogP contribution is -2.38. The van der Waals surface area contributed by atoms with Gasteiger partial charge in [-0.2, -0.15) is 5.10 Å². The molecule has 18 heavy (non-hydrogen) atoms. The van der Waals surface area contributed by atoms with Crippen LogP contribution >= 0.6 is 0 Å². The number of rotatable bonds is 3. The van der Waals surface area contributed by atoms with E-state index in [9.17, 15) is 0 Å². The van der Waals surface area contributed by atoms with Gasteiger partial charge in [0.25, 0.3) is 0 Å². The Hall–Kier alpha value is -1.66. The molecular weight excluding hydrogens is 228 g/mol. The van der Waals surface area contributed by atoms with Crippen molar-refractivity contribution >= 4 is 0 Å². The standard InChI is InChI=1S/C12H18N6/c1-16-7-10(6-15-16)11(13)8-17-4-5-18-3-2-14-12(18)9-17/h2-3,6-7,11H,4-5,8-9,13H2,1H3. The van der Waals surface area contributed by atoms with E-state index in [1.165, 1.54) is 0 Å². The maximum Gasteiger partial charge on any atom is 0.122 e. The van der Waals surface area contributed by atoms with E-state index >= 15 is 0 Å². The lowest BCUT2D eigenvalue weighted by Gasteiger charge is -2.29. The molecule has 3 rings (SSSR count). The van der Waals surface area contributed by atoms with Gasteiger partial charge in [-0.25, -0.2) is 4.98 Å². The molecule has 1 unspecified atom stereocenters. The van der Waals surface area contributed by atoms with Gasteiger partial charge in [-0.05, 0) is 0 Å². The third-order valence-electron chi connectivity index (χ3n) is 3.43. The molecule has 0 fully saturated rings. The monoisotopic (exact) mass is 246 g/mol. The lowest BCUT2D eigenvalue weighted by atomic mass is 10.1. The summed E-state index contributed by atoms with van der Waals surface area (Å²) in [4.78, 5) is 6.70. The quantitative estimate of drug-likeness (QED) is 0.836. The van der Waals surface area contributed by atoms with Crippen molar-refractivity contribution in [1.82, 2.24) is 24.2 Å². The second-order valence-corrected chi connectivity index (χ2v) is 4.83. The van der Waals surface area contributed by atoms with Crippen molar-refractivity contribution in [3.05, 3.63) is 36.2 Å². The highest BCUT2D eigenvalue weighted by molar-refractivity contribution is 5.10. The van der Waals surface area contributed by atoms with Gasteiger partial charge in [0.1, 0.15) is 5.82 Å². The molecule has 2 aromatic rings. The summed E-state index contributed by atoms with van der Waals surface area (Å²) in [6.07, 6.45) is 7.72. The normalized spacial score (nSPS) is 17.7. The first-order valence-corrected chi connectivity index (χ1v) is 6.19. The molecule has 6 heteroatoms. The Labute approximate surface area is 106 Å². The molecule has 1 aliphatic heterocycles. The van der Waals surface area contributed by atoms with Gasteiger partial charge in [-0.3, -0.25) is 9.58 Å². The fraction of sp³-hybridized carbons (Fsp3) is 0.500. The number of imidazole rings is 1. The largest absolute Gasteiger partial charge is 0.333 e.